The van der Waals surface area contributed by atoms with E-state index in [4.69, 9.17) is 4.74 Å². The smallest absolute Gasteiger partial charge is 0.409 e. The predicted octanol–water partition coefficient (Wildman–Crippen LogP) is 2.80. The van der Waals surface area contributed by atoms with Crippen molar-refractivity contribution in [3.8, 4) is 5.69 Å². The number of rotatable bonds is 3. The molecule has 144 valence electrons. The summed E-state index contributed by atoms with van der Waals surface area (Å²) >= 11 is 0. The summed E-state index contributed by atoms with van der Waals surface area (Å²) in [7, 11) is 0. The average Bonchev–Trinajstić information content (AvgIpc) is 2.97. The van der Waals surface area contributed by atoms with Gasteiger partial charge in [0, 0.05) is 26.2 Å². The standard InChI is InChI=1S/C19H25N5O3/c1-4-27-19(26)23-12-10-22(11-13-23)18(25)20-17-14(2)21-24(15(17)3)16-8-6-5-7-9-16/h5-9H,4,10-13H2,1-3H3,(H,20,25). The number of nitrogens with one attached hydrogen (secondary N) is 1. The highest BCUT2D eigenvalue weighted by atomic mass is 16.6. The molecule has 8 heteroatoms. The molecule has 3 amide bonds. The number of para-hydroxylation sites is 1. The first-order valence-corrected chi connectivity index (χ1v) is 9.10. The van der Waals surface area contributed by atoms with Gasteiger partial charge in [0.1, 0.15) is 0 Å². The van der Waals surface area contributed by atoms with Gasteiger partial charge < -0.3 is 19.9 Å². The Morgan fingerprint density at radius 3 is 2.33 bits per heavy atom. The van der Waals surface area contributed by atoms with Crippen molar-refractivity contribution in [2.75, 3.05) is 38.1 Å². The van der Waals surface area contributed by atoms with E-state index in [2.05, 4.69) is 10.4 Å². The van der Waals surface area contributed by atoms with Gasteiger partial charge in [0.25, 0.3) is 0 Å². The van der Waals surface area contributed by atoms with Crippen molar-refractivity contribution in [3.63, 3.8) is 0 Å². The lowest BCUT2D eigenvalue weighted by atomic mass is 10.3. The zero-order valence-electron chi connectivity index (χ0n) is 15.9. The van der Waals surface area contributed by atoms with Crippen LogP contribution in [0.4, 0.5) is 15.3 Å². The molecule has 2 aromatic rings. The summed E-state index contributed by atoms with van der Waals surface area (Å²) in [5, 5.41) is 7.52. The van der Waals surface area contributed by atoms with Gasteiger partial charge in [-0.15, -0.1) is 0 Å². The number of benzene rings is 1. The van der Waals surface area contributed by atoms with Crippen molar-refractivity contribution in [2.24, 2.45) is 0 Å². The number of aryl methyl sites for hydroxylation is 1. The van der Waals surface area contributed by atoms with Crippen LogP contribution >= 0.6 is 0 Å². The summed E-state index contributed by atoms with van der Waals surface area (Å²) < 4.78 is 6.83. The van der Waals surface area contributed by atoms with Gasteiger partial charge in [-0.25, -0.2) is 14.3 Å². The van der Waals surface area contributed by atoms with E-state index < -0.39 is 0 Å². The fraction of sp³-hybridized carbons (Fsp3) is 0.421. The second-order valence-electron chi connectivity index (χ2n) is 6.40. The van der Waals surface area contributed by atoms with E-state index in [1.54, 1.807) is 16.7 Å². The van der Waals surface area contributed by atoms with Crippen LogP contribution in [0.25, 0.3) is 5.69 Å². The maximum absolute atomic E-state index is 12.7. The third-order valence-corrected chi connectivity index (χ3v) is 4.62. The Hall–Kier alpha value is -3.03. The zero-order chi connectivity index (χ0) is 19.4. The predicted molar refractivity (Wildman–Crippen MR) is 102 cm³/mol. The molecule has 0 unspecified atom stereocenters. The molecular formula is C19H25N5O3. The Morgan fingerprint density at radius 1 is 1.07 bits per heavy atom. The molecule has 1 N–H and O–H groups in total. The third kappa shape index (κ3) is 4.05. The second-order valence-corrected chi connectivity index (χ2v) is 6.40. The van der Waals surface area contributed by atoms with E-state index in [1.807, 2.05) is 48.9 Å². The van der Waals surface area contributed by atoms with Crippen LogP contribution in [0.3, 0.4) is 0 Å². The van der Waals surface area contributed by atoms with Crippen LogP contribution < -0.4 is 5.32 Å². The van der Waals surface area contributed by atoms with Crippen LogP contribution in [0.1, 0.15) is 18.3 Å². The van der Waals surface area contributed by atoms with Crippen LogP contribution in [-0.4, -0.2) is 64.5 Å². The van der Waals surface area contributed by atoms with Gasteiger partial charge >= 0.3 is 12.1 Å². The van der Waals surface area contributed by atoms with Gasteiger partial charge in [0.15, 0.2) is 0 Å². The average molecular weight is 371 g/mol. The maximum Gasteiger partial charge on any atom is 0.409 e. The minimum atomic E-state index is -0.326. The highest BCUT2D eigenvalue weighted by Crippen LogP contribution is 2.23. The zero-order valence-corrected chi connectivity index (χ0v) is 15.9. The number of carbonyl (C=O) groups excluding carboxylic acids is 2. The van der Waals surface area contributed by atoms with Gasteiger partial charge in [-0.2, -0.15) is 5.10 Å². The lowest BCUT2D eigenvalue weighted by Crippen LogP contribution is -2.51. The van der Waals surface area contributed by atoms with Crippen molar-refractivity contribution in [3.05, 3.63) is 41.7 Å². The minimum Gasteiger partial charge on any atom is -0.450 e. The Labute approximate surface area is 158 Å². The van der Waals surface area contributed by atoms with E-state index in [9.17, 15) is 9.59 Å². The summed E-state index contributed by atoms with van der Waals surface area (Å²) in [5.74, 6) is 0. The van der Waals surface area contributed by atoms with E-state index in [1.165, 1.54) is 0 Å². The van der Waals surface area contributed by atoms with Crippen LogP contribution in [0.5, 0.6) is 0 Å². The van der Waals surface area contributed by atoms with E-state index in [-0.39, 0.29) is 12.1 Å². The molecular weight excluding hydrogens is 346 g/mol. The summed E-state index contributed by atoms with van der Waals surface area (Å²) in [6.07, 6.45) is -0.326. The first-order valence-electron chi connectivity index (χ1n) is 9.10. The van der Waals surface area contributed by atoms with Crippen LogP contribution in [0.2, 0.25) is 0 Å². The molecule has 0 saturated carbocycles. The topological polar surface area (TPSA) is 79.7 Å². The third-order valence-electron chi connectivity index (χ3n) is 4.62. The normalized spacial score (nSPS) is 14.2. The fourth-order valence-corrected chi connectivity index (χ4v) is 3.14. The minimum absolute atomic E-state index is 0.183. The number of amides is 3. The summed E-state index contributed by atoms with van der Waals surface area (Å²) in [5.41, 5.74) is 3.30. The second kappa shape index (κ2) is 8.11. The fourth-order valence-electron chi connectivity index (χ4n) is 3.14. The number of nitrogens with zero attached hydrogens (tertiary/aromatic N) is 4. The van der Waals surface area contributed by atoms with Gasteiger partial charge in [-0.1, -0.05) is 18.2 Å². The molecule has 1 aliphatic heterocycles. The number of carbonyl (C=O) groups is 2. The van der Waals surface area contributed by atoms with Crippen LogP contribution in [0, 0.1) is 13.8 Å². The molecule has 0 radical (unpaired) electrons. The van der Waals surface area contributed by atoms with Crippen LogP contribution in [-0.2, 0) is 4.74 Å². The first-order chi connectivity index (χ1) is 13.0. The molecule has 1 aromatic carbocycles. The molecule has 1 saturated heterocycles. The lowest BCUT2D eigenvalue weighted by Gasteiger charge is -2.34. The number of urea groups is 1. The number of ether oxygens (including phenoxy) is 1. The van der Waals surface area contributed by atoms with E-state index >= 15 is 0 Å². The number of anilines is 1. The molecule has 27 heavy (non-hydrogen) atoms. The lowest BCUT2D eigenvalue weighted by molar-refractivity contribution is 0.0868. The largest absolute Gasteiger partial charge is 0.450 e. The number of aromatic nitrogens is 2. The molecule has 0 spiro atoms. The van der Waals surface area contributed by atoms with Crippen molar-refractivity contribution in [2.45, 2.75) is 20.8 Å². The van der Waals surface area contributed by atoms with Gasteiger partial charge in [0.2, 0.25) is 0 Å². The quantitative estimate of drug-likeness (QED) is 0.900. The Kier molecular flexibility index (Phi) is 5.63. The van der Waals surface area contributed by atoms with Gasteiger partial charge in [-0.3, -0.25) is 0 Å². The van der Waals surface area contributed by atoms with Crippen molar-refractivity contribution in [1.29, 1.82) is 0 Å². The Balaban J connectivity index is 1.65. The molecule has 8 nitrogen and oxygen atoms in total. The molecule has 1 aromatic heterocycles. The highest BCUT2D eigenvalue weighted by Gasteiger charge is 2.26. The van der Waals surface area contributed by atoms with Crippen molar-refractivity contribution in [1.82, 2.24) is 19.6 Å². The number of piperazine rings is 1. The highest BCUT2D eigenvalue weighted by molar-refractivity contribution is 5.91. The molecule has 0 aliphatic carbocycles. The van der Waals surface area contributed by atoms with E-state index in [0.29, 0.717) is 32.8 Å². The summed E-state index contributed by atoms with van der Waals surface area (Å²) in [6.45, 7) is 7.81. The number of hydrogen-bond donors (Lipinski definition) is 1. The maximum atomic E-state index is 12.7. The monoisotopic (exact) mass is 371 g/mol. The molecule has 1 aliphatic rings. The van der Waals surface area contributed by atoms with Crippen molar-refractivity contribution >= 4 is 17.8 Å². The summed E-state index contributed by atoms with van der Waals surface area (Å²) in [4.78, 5) is 27.8. The van der Waals surface area contributed by atoms with Gasteiger partial charge in [-0.05, 0) is 32.9 Å². The van der Waals surface area contributed by atoms with Gasteiger partial charge in [0.05, 0.1) is 29.4 Å². The molecule has 0 atom stereocenters. The first kappa shape index (κ1) is 18.8. The van der Waals surface area contributed by atoms with Crippen molar-refractivity contribution < 1.29 is 14.3 Å². The number of hydrogen-bond acceptors (Lipinski definition) is 4. The molecule has 0 bridgehead atoms. The van der Waals surface area contributed by atoms with E-state index in [0.717, 1.165) is 22.8 Å². The summed E-state index contributed by atoms with van der Waals surface area (Å²) in [6, 6.07) is 9.62. The van der Waals surface area contributed by atoms with Crippen LogP contribution in [0.15, 0.2) is 30.3 Å². The molecule has 3 rings (SSSR count). The Morgan fingerprint density at radius 2 is 1.70 bits per heavy atom. The Bertz CT molecular complexity index is 810. The molecule has 1 fully saturated rings. The molecule has 2 heterocycles. The SMILES string of the molecule is CCOC(=O)N1CCN(C(=O)Nc2c(C)nn(-c3ccccc3)c2C)CC1.